The number of thioether (sulfide) groups is 1. The van der Waals surface area contributed by atoms with Gasteiger partial charge in [0.05, 0.1) is 0 Å². The second kappa shape index (κ2) is 7.70. The first-order valence-electron chi connectivity index (χ1n) is 9.31. The number of rotatable bonds is 5. The van der Waals surface area contributed by atoms with Gasteiger partial charge in [-0.2, -0.15) is 11.8 Å². The van der Waals surface area contributed by atoms with Crippen LogP contribution in [0.15, 0.2) is 0 Å². The molecular formula is C18H34N2S. The molecule has 3 heteroatoms. The molecule has 0 radical (unpaired) electrons. The molecule has 0 aromatic carbocycles. The van der Waals surface area contributed by atoms with E-state index in [9.17, 15) is 0 Å². The second-order valence-electron chi connectivity index (χ2n) is 7.65. The summed E-state index contributed by atoms with van der Waals surface area (Å²) in [7, 11) is 0. The molecule has 1 spiro atoms. The van der Waals surface area contributed by atoms with Crippen molar-refractivity contribution in [2.75, 3.05) is 31.6 Å². The quantitative estimate of drug-likeness (QED) is 0.775. The number of nitrogens with zero attached hydrogens (tertiary/aromatic N) is 1. The van der Waals surface area contributed by atoms with Gasteiger partial charge in [0.15, 0.2) is 0 Å². The fourth-order valence-corrected chi connectivity index (χ4v) is 5.46. The predicted octanol–water partition coefficient (Wildman–Crippen LogP) is 3.91. The zero-order valence-corrected chi connectivity index (χ0v) is 14.7. The van der Waals surface area contributed by atoms with Gasteiger partial charge in [-0.05, 0) is 56.6 Å². The topological polar surface area (TPSA) is 15.3 Å². The molecule has 3 aliphatic rings. The molecule has 1 N–H and O–H groups in total. The number of piperazine rings is 1. The first-order valence-corrected chi connectivity index (χ1v) is 10.7. The molecular weight excluding hydrogens is 276 g/mol. The molecule has 2 saturated carbocycles. The summed E-state index contributed by atoms with van der Waals surface area (Å²) in [6.45, 7) is 3.94. The summed E-state index contributed by atoms with van der Waals surface area (Å²) in [5.74, 6) is 2.30. The molecule has 1 atom stereocenters. The minimum Gasteiger partial charge on any atom is -0.308 e. The van der Waals surface area contributed by atoms with Gasteiger partial charge < -0.3 is 5.32 Å². The van der Waals surface area contributed by atoms with Crippen molar-refractivity contribution in [2.24, 2.45) is 5.92 Å². The smallest absolute Gasteiger partial charge is 0.0309 e. The minimum atomic E-state index is 0.491. The van der Waals surface area contributed by atoms with Crippen molar-refractivity contribution < 1.29 is 0 Å². The Kier molecular flexibility index (Phi) is 5.92. The normalized spacial score (nSPS) is 31.0. The van der Waals surface area contributed by atoms with Crippen molar-refractivity contribution in [2.45, 2.75) is 75.8 Å². The maximum Gasteiger partial charge on any atom is 0.0309 e. The Hall–Kier alpha value is 0.270. The van der Waals surface area contributed by atoms with Crippen LogP contribution in [0.3, 0.4) is 0 Å². The number of hydrogen-bond acceptors (Lipinski definition) is 3. The van der Waals surface area contributed by atoms with Crippen LogP contribution in [0.5, 0.6) is 0 Å². The maximum atomic E-state index is 4.02. The summed E-state index contributed by atoms with van der Waals surface area (Å²) in [6, 6.07) is 0.832. The zero-order chi connectivity index (χ0) is 14.5. The highest BCUT2D eigenvalue weighted by molar-refractivity contribution is 7.98. The van der Waals surface area contributed by atoms with Crippen molar-refractivity contribution in [3.8, 4) is 0 Å². The van der Waals surface area contributed by atoms with Crippen molar-refractivity contribution in [1.29, 1.82) is 0 Å². The van der Waals surface area contributed by atoms with Gasteiger partial charge in [0.1, 0.15) is 0 Å². The van der Waals surface area contributed by atoms with Crippen molar-refractivity contribution in [3.05, 3.63) is 0 Å². The Morgan fingerprint density at radius 1 is 1.10 bits per heavy atom. The first kappa shape index (κ1) is 16.1. The Bertz CT molecular complexity index is 308. The van der Waals surface area contributed by atoms with Crippen molar-refractivity contribution in [1.82, 2.24) is 10.2 Å². The largest absolute Gasteiger partial charge is 0.308 e. The number of hydrogen-bond donors (Lipinski definition) is 1. The van der Waals surface area contributed by atoms with Crippen LogP contribution in [0.1, 0.15) is 64.2 Å². The summed E-state index contributed by atoms with van der Waals surface area (Å²) in [5, 5.41) is 4.02. The molecule has 0 bridgehead atoms. The van der Waals surface area contributed by atoms with Gasteiger partial charge >= 0.3 is 0 Å². The molecule has 2 nitrogen and oxygen atoms in total. The van der Waals surface area contributed by atoms with Crippen molar-refractivity contribution >= 4 is 11.8 Å². The molecule has 122 valence electrons. The number of nitrogens with one attached hydrogen (secondary N) is 1. The van der Waals surface area contributed by atoms with Crippen LogP contribution in [0, 0.1) is 5.92 Å². The predicted molar refractivity (Wildman–Crippen MR) is 94.1 cm³/mol. The third kappa shape index (κ3) is 3.97. The van der Waals surface area contributed by atoms with Crippen LogP contribution in [0.2, 0.25) is 0 Å². The molecule has 1 saturated heterocycles. The lowest BCUT2D eigenvalue weighted by Crippen LogP contribution is -2.65. The van der Waals surface area contributed by atoms with Gasteiger partial charge in [0.25, 0.3) is 0 Å². The highest BCUT2D eigenvalue weighted by Gasteiger charge is 2.42. The van der Waals surface area contributed by atoms with E-state index in [1.54, 1.807) is 0 Å². The zero-order valence-electron chi connectivity index (χ0n) is 13.9. The van der Waals surface area contributed by atoms with Gasteiger partial charge in [-0.15, -0.1) is 0 Å². The van der Waals surface area contributed by atoms with Gasteiger partial charge in [0.2, 0.25) is 0 Å². The van der Waals surface area contributed by atoms with E-state index < -0.39 is 0 Å². The Balaban J connectivity index is 1.62. The van der Waals surface area contributed by atoms with E-state index in [0.717, 1.165) is 12.0 Å². The molecule has 3 rings (SSSR count). The summed E-state index contributed by atoms with van der Waals surface area (Å²) in [4.78, 5) is 2.91. The Morgan fingerprint density at radius 3 is 2.57 bits per heavy atom. The summed E-state index contributed by atoms with van der Waals surface area (Å²) >= 11 is 2.01. The second-order valence-corrected chi connectivity index (χ2v) is 8.64. The van der Waals surface area contributed by atoms with Crippen LogP contribution in [0.4, 0.5) is 0 Å². The fraction of sp³-hybridized carbons (Fsp3) is 1.00. The van der Waals surface area contributed by atoms with E-state index >= 15 is 0 Å². The van der Waals surface area contributed by atoms with E-state index in [0.29, 0.717) is 5.54 Å². The van der Waals surface area contributed by atoms with Gasteiger partial charge in [-0.25, -0.2) is 0 Å². The Labute approximate surface area is 135 Å². The average Bonchev–Trinajstić information content (AvgIpc) is 2.97. The van der Waals surface area contributed by atoms with Crippen LogP contribution < -0.4 is 5.32 Å². The van der Waals surface area contributed by atoms with E-state index in [1.807, 2.05) is 11.8 Å². The highest BCUT2D eigenvalue weighted by atomic mass is 32.2. The lowest BCUT2D eigenvalue weighted by atomic mass is 9.80. The fourth-order valence-electron chi connectivity index (χ4n) is 5.04. The maximum absolute atomic E-state index is 4.02. The molecule has 1 heterocycles. The van der Waals surface area contributed by atoms with Crippen molar-refractivity contribution in [3.63, 3.8) is 0 Å². The molecule has 0 amide bonds. The lowest BCUT2D eigenvalue weighted by molar-refractivity contribution is 0.0382. The van der Waals surface area contributed by atoms with E-state index in [2.05, 4.69) is 16.5 Å². The molecule has 0 aromatic rings. The van der Waals surface area contributed by atoms with Gasteiger partial charge in [0, 0.05) is 24.7 Å². The third-order valence-corrected chi connectivity index (χ3v) is 6.91. The summed E-state index contributed by atoms with van der Waals surface area (Å²) < 4.78 is 0. The van der Waals surface area contributed by atoms with Crippen LogP contribution in [0.25, 0.3) is 0 Å². The van der Waals surface area contributed by atoms with Crippen LogP contribution in [-0.2, 0) is 0 Å². The van der Waals surface area contributed by atoms with E-state index in [1.165, 1.54) is 89.6 Å². The van der Waals surface area contributed by atoms with E-state index in [4.69, 9.17) is 0 Å². The Morgan fingerprint density at radius 2 is 1.86 bits per heavy atom. The monoisotopic (exact) mass is 310 g/mol. The van der Waals surface area contributed by atoms with E-state index in [-0.39, 0.29) is 0 Å². The summed E-state index contributed by atoms with van der Waals surface area (Å²) in [6.07, 6.45) is 16.8. The van der Waals surface area contributed by atoms with Gasteiger partial charge in [-0.1, -0.05) is 32.1 Å². The lowest BCUT2D eigenvalue weighted by Gasteiger charge is -2.49. The SMILES string of the molecule is CSCCCN1CC2(CCCC2)NCC1C1CCCCC1. The first-order chi connectivity index (χ1) is 10.3. The van der Waals surface area contributed by atoms with Crippen LogP contribution in [-0.4, -0.2) is 48.1 Å². The highest BCUT2D eigenvalue weighted by Crippen LogP contribution is 2.37. The van der Waals surface area contributed by atoms with Gasteiger partial charge in [-0.3, -0.25) is 4.90 Å². The molecule has 0 aromatic heterocycles. The summed E-state index contributed by atoms with van der Waals surface area (Å²) in [5.41, 5.74) is 0.491. The molecule has 2 aliphatic carbocycles. The van der Waals surface area contributed by atoms with Crippen LogP contribution >= 0.6 is 11.8 Å². The third-order valence-electron chi connectivity index (χ3n) is 6.21. The molecule has 3 fully saturated rings. The molecule has 1 unspecified atom stereocenters. The minimum absolute atomic E-state index is 0.491. The molecule has 21 heavy (non-hydrogen) atoms. The molecule has 1 aliphatic heterocycles. The average molecular weight is 311 g/mol. The standard InChI is InChI=1S/C18H34N2S/c1-21-13-7-12-20-15-18(10-5-6-11-18)19-14-17(20)16-8-3-2-4-9-16/h16-17,19H,2-15H2,1H3.